The fourth-order valence-electron chi connectivity index (χ4n) is 2.79. The molecule has 0 saturated heterocycles. The lowest BCUT2D eigenvalue weighted by atomic mass is 10.0. The van der Waals surface area contributed by atoms with Crippen LogP contribution in [0.3, 0.4) is 0 Å². The Bertz CT molecular complexity index is 1050. The van der Waals surface area contributed by atoms with E-state index in [2.05, 4.69) is 0 Å². The van der Waals surface area contributed by atoms with E-state index in [9.17, 15) is 18.0 Å². The maximum atomic E-state index is 13.1. The van der Waals surface area contributed by atoms with Gasteiger partial charge in [-0.15, -0.1) is 0 Å². The average Bonchev–Trinajstić information content (AvgIpc) is 2.64. The number of allylic oxidation sites excluding steroid dienone is 1. The Morgan fingerprint density at radius 1 is 1.07 bits per heavy atom. The molecule has 8 heteroatoms. The number of ether oxygens (including phenoxy) is 1. The Morgan fingerprint density at radius 3 is 2.33 bits per heavy atom. The van der Waals surface area contributed by atoms with Crippen molar-refractivity contribution in [2.75, 3.05) is 13.7 Å². The minimum absolute atomic E-state index is 0.0478. The standard InChI is InChI=1S/C19H17NO6S/c1-12-7-9-13(10-8-12)18(23)17-19(26-11-16(21)22)14-5-3-4-6-15(14)27(24,25)20(17)2/h3-10H,11H2,1-2H3,(H,21,22). The predicted molar refractivity (Wildman–Crippen MR) is 97.4 cm³/mol. The molecule has 0 spiro atoms. The summed E-state index contributed by atoms with van der Waals surface area (Å²) in [7, 11) is -2.73. The number of aliphatic carboxylic acids is 1. The van der Waals surface area contributed by atoms with Crippen LogP contribution in [0.5, 0.6) is 0 Å². The van der Waals surface area contributed by atoms with Gasteiger partial charge in [-0.3, -0.25) is 9.10 Å². The van der Waals surface area contributed by atoms with E-state index in [0.29, 0.717) is 0 Å². The van der Waals surface area contributed by atoms with E-state index in [1.54, 1.807) is 36.4 Å². The van der Waals surface area contributed by atoms with Gasteiger partial charge in [0.1, 0.15) is 5.70 Å². The van der Waals surface area contributed by atoms with Gasteiger partial charge < -0.3 is 9.84 Å². The molecule has 0 unspecified atom stereocenters. The van der Waals surface area contributed by atoms with E-state index in [-0.39, 0.29) is 27.5 Å². The molecule has 1 N–H and O–H groups in total. The number of hydrogen-bond acceptors (Lipinski definition) is 5. The predicted octanol–water partition coefficient (Wildman–Crippen LogP) is 2.28. The summed E-state index contributed by atoms with van der Waals surface area (Å²) in [5, 5.41) is 8.97. The van der Waals surface area contributed by atoms with E-state index < -0.39 is 28.4 Å². The number of carboxylic acids is 1. The highest BCUT2D eigenvalue weighted by atomic mass is 32.2. The average molecular weight is 387 g/mol. The molecule has 0 saturated carbocycles. The summed E-state index contributed by atoms with van der Waals surface area (Å²) in [4.78, 5) is 24.0. The van der Waals surface area contributed by atoms with Crippen molar-refractivity contribution >= 4 is 27.5 Å². The van der Waals surface area contributed by atoms with E-state index in [1.165, 1.54) is 19.2 Å². The first-order chi connectivity index (χ1) is 12.7. The van der Waals surface area contributed by atoms with Crippen LogP contribution in [0, 0.1) is 6.92 Å². The van der Waals surface area contributed by atoms with Crippen molar-refractivity contribution in [3.63, 3.8) is 0 Å². The number of ketones is 1. The van der Waals surface area contributed by atoms with Gasteiger partial charge in [-0.1, -0.05) is 42.0 Å². The first-order valence-corrected chi connectivity index (χ1v) is 9.46. The highest BCUT2D eigenvalue weighted by Gasteiger charge is 2.39. The molecule has 1 heterocycles. The Morgan fingerprint density at radius 2 is 1.70 bits per heavy atom. The third-order valence-corrected chi connectivity index (χ3v) is 5.98. The van der Waals surface area contributed by atoms with E-state index >= 15 is 0 Å². The maximum Gasteiger partial charge on any atom is 0.341 e. The number of fused-ring (bicyclic) bond motifs is 1. The van der Waals surface area contributed by atoms with Gasteiger partial charge in [0.2, 0.25) is 5.78 Å². The number of carbonyl (C=O) groups excluding carboxylic acids is 1. The van der Waals surface area contributed by atoms with Gasteiger partial charge in [0.05, 0.1) is 4.90 Å². The lowest BCUT2D eigenvalue weighted by Gasteiger charge is -2.30. The highest BCUT2D eigenvalue weighted by Crippen LogP contribution is 2.37. The molecule has 0 fully saturated rings. The highest BCUT2D eigenvalue weighted by molar-refractivity contribution is 7.89. The zero-order chi connectivity index (χ0) is 19.8. The summed E-state index contributed by atoms with van der Waals surface area (Å²) in [5.74, 6) is -1.88. The van der Waals surface area contributed by atoms with Crippen molar-refractivity contribution < 1.29 is 27.9 Å². The SMILES string of the molecule is Cc1ccc(C(=O)C2=C(OCC(=O)O)c3ccccc3S(=O)(=O)N2C)cc1. The third kappa shape index (κ3) is 3.31. The fourth-order valence-corrected chi connectivity index (χ4v) is 4.18. The maximum absolute atomic E-state index is 13.1. The zero-order valence-electron chi connectivity index (χ0n) is 14.7. The second-order valence-corrected chi connectivity index (χ2v) is 7.96. The fraction of sp³-hybridized carbons (Fsp3) is 0.158. The van der Waals surface area contributed by atoms with Crippen molar-refractivity contribution in [2.45, 2.75) is 11.8 Å². The summed E-state index contributed by atoms with van der Waals surface area (Å²) in [6.07, 6.45) is 0. The number of benzene rings is 2. The number of aryl methyl sites for hydroxylation is 1. The number of sulfonamides is 1. The minimum atomic E-state index is -3.98. The molecule has 0 atom stereocenters. The number of Topliss-reactive ketones (excluding diaryl/α,β-unsaturated/α-hetero) is 1. The quantitative estimate of drug-likeness (QED) is 0.790. The summed E-state index contributed by atoms with van der Waals surface area (Å²) >= 11 is 0. The molecule has 27 heavy (non-hydrogen) atoms. The summed E-state index contributed by atoms with van der Waals surface area (Å²) in [5.41, 5.74) is 1.15. The molecular formula is C19H17NO6S. The molecular weight excluding hydrogens is 370 g/mol. The first kappa shape index (κ1) is 18.7. The van der Waals surface area contributed by atoms with Crippen LogP contribution < -0.4 is 0 Å². The zero-order valence-corrected chi connectivity index (χ0v) is 15.5. The topological polar surface area (TPSA) is 101 Å². The Balaban J connectivity index is 2.24. The van der Waals surface area contributed by atoms with Gasteiger partial charge in [-0.2, -0.15) is 0 Å². The second-order valence-electron chi connectivity index (χ2n) is 6.02. The van der Waals surface area contributed by atoms with Crippen molar-refractivity contribution in [2.24, 2.45) is 0 Å². The molecule has 1 aliphatic rings. The minimum Gasteiger partial charge on any atom is -0.479 e. The van der Waals surface area contributed by atoms with E-state index in [4.69, 9.17) is 9.84 Å². The molecule has 0 aliphatic carbocycles. The monoisotopic (exact) mass is 387 g/mol. The van der Waals surface area contributed by atoms with Gasteiger partial charge in [0, 0.05) is 18.2 Å². The van der Waals surface area contributed by atoms with Gasteiger partial charge in [0.25, 0.3) is 10.0 Å². The summed E-state index contributed by atoms with van der Waals surface area (Å²) in [6.45, 7) is 1.16. The largest absolute Gasteiger partial charge is 0.479 e. The number of carboxylic acid groups (broad SMARTS) is 1. The lowest BCUT2D eigenvalue weighted by molar-refractivity contribution is -0.140. The number of likely N-dealkylation sites (N-methyl/N-ethyl adjacent to an activating group) is 1. The molecule has 2 aromatic rings. The number of carbonyl (C=O) groups is 2. The van der Waals surface area contributed by atoms with Crippen LogP contribution >= 0.6 is 0 Å². The van der Waals surface area contributed by atoms with Crippen molar-refractivity contribution in [3.8, 4) is 0 Å². The Hall–Kier alpha value is -3.13. The molecule has 1 aliphatic heterocycles. The van der Waals surface area contributed by atoms with Gasteiger partial charge in [-0.05, 0) is 19.1 Å². The smallest absolute Gasteiger partial charge is 0.341 e. The van der Waals surface area contributed by atoms with Crippen LogP contribution in [-0.4, -0.2) is 43.2 Å². The van der Waals surface area contributed by atoms with Crippen molar-refractivity contribution in [1.82, 2.24) is 4.31 Å². The molecule has 7 nitrogen and oxygen atoms in total. The van der Waals surface area contributed by atoms with Gasteiger partial charge in [-0.25, -0.2) is 13.2 Å². The number of hydrogen-bond donors (Lipinski definition) is 1. The van der Waals surface area contributed by atoms with E-state index in [0.717, 1.165) is 9.87 Å². The normalized spacial score (nSPS) is 15.3. The third-order valence-electron chi connectivity index (χ3n) is 4.17. The van der Waals surface area contributed by atoms with Crippen LogP contribution in [0.2, 0.25) is 0 Å². The molecule has 0 aromatic heterocycles. The van der Waals surface area contributed by atoms with Crippen molar-refractivity contribution in [3.05, 3.63) is 70.9 Å². The second kappa shape index (κ2) is 6.88. The first-order valence-electron chi connectivity index (χ1n) is 8.02. The van der Waals surface area contributed by atoms with E-state index in [1.807, 2.05) is 6.92 Å². The van der Waals surface area contributed by atoms with Crippen LogP contribution in [0.25, 0.3) is 5.76 Å². The molecule has 0 amide bonds. The van der Waals surface area contributed by atoms with Crippen LogP contribution in [0.1, 0.15) is 21.5 Å². The Kier molecular flexibility index (Phi) is 4.75. The van der Waals surface area contributed by atoms with Crippen LogP contribution in [0.15, 0.2) is 59.1 Å². The summed E-state index contributed by atoms with van der Waals surface area (Å²) < 4.78 is 31.9. The Labute approximate surface area is 156 Å². The molecule has 0 bridgehead atoms. The van der Waals surface area contributed by atoms with Gasteiger partial charge >= 0.3 is 5.97 Å². The molecule has 0 radical (unpaired) electrons. The molecule has 2 aromatic carbocycles. The van der Waals surface area contributed by atoms with Crippen molar-refractivity contribution in [1.29, 1.82) is 0 Å². The number of rotatable bonds is 5. The molecule has 140 valence electrons. The van der Waals surface area contributed by atoms with Crippen LogP contribution in [-0.2, 0) is 19.6 Å². The number of nitrogens with zero attached hydrogens (tertiary/aromatic N) is 1. The molecule has 3 rings (SSSR count). The van der Waals surface area contributed by atoms with Crippen LogP contribution in [0.4, 0.5) is 0 Å². The summed E-state index contributed by atoms with van der Waals surface area (Å²) in [6, 6.07) is 12.6. The van der Waals surface area contributed by atoms with Gasteiger partial charge in [0.15, 0.2) is 12.4 Å². The lowest BCUT2D eigenvalue weighted by Crippen LogP contribution is -2.35.